The Morgan fingerprint density at radius 1 is 1.04 bits per heavy atom. The van der Waals surface area contributed by atoms with Gasteiger partial charge in [0, 0.05) is 25.2 Å². The van der Waals surface area contributed by atoms with Gasteiger partial charge < -0.3 is 5.32 Å². The van der Waals surface area contributed by atoms with E-state index >= 15 is 0 Å². The van der Waals surface area contributed by atoms with Crippen LogP contribution < -0.4 is 5.32 Å². The van der Waals surface area contributed by atoms with Crippen LogP contribution in [0.5, 0.6) is 0 Å². The Hall–Kier alpha value is -2.25. The van der Waals surface area contributed by atoms with E-state index in [1.165, 1.54) is 16.4 Å². The standard InChI is InChI=1S/C20H25FN2O3S/c1-15-12-16(2)14-19(13-15)22-20(24)9-11-23(27(3,25)26)10-8-17-4-6-18(21)7-5-17/h4-7,12-14H,8-11H2,1-3H3,(H,22,24). The molecule has 1 N–H and O–H groups in total. The lowest BCUT2D eigenvalue weighted by Gasteiger charge is -2.20. The summed E-state index contributed by atoms with van der Waals surface area (Å²) in [5.74, 6) is -0.572. The van der Waals surface area contributed by atoms with Crippen LogP contribution in [0.25, 0.3) is 0 Å². The summed E-state index contributed by atoms with van der Waals surface area (Å²) in [7, 11) is -3.45. The minimum atomic E-state index is -3.45. The monoisotopic (exact) mass is 392 g/mol. The minimum Gasteiger partial charge on any atom is -0.326 e. The van der Waals surface area contributed by atoms with Crippen molar-refractivity contribution in [3.63, 3.8) is 0 Å². The Kier molecular flexibility index (Phi) is 7.10. The molecule has 1 amide bonds. The second-order valence-corrected chi connectivity index (χ2v) is 8.70. The first kappa shape index (κ1) is 21.1. The van der Waals surface area contributed by atoms with Crippen LogP contribution in [-0.4, -0.2) is 38.0 Å². The van der Waals surface area contributed by atoms with Gasteiger partial charge in [-0.05, 0) is 61.2 Å². The number of carbonyl (C=O) groups is 1. The summed E-state index contributed by atoms with van der Waals surface area (Å²) in [6.45, 7) is 4.23. The number of aryl methyl sites for hydroxylation is 2. The van der Waals surface area contributed by atoms with Gasteiger partial charge in [-0.1, -0.05) is 18.2 Å². The van der Waals surface area contributed by atoms with E-state index in [9.17, 15) is 17.6 Å². The Morgan fingerprint density at radius 3 is 2.19 bits per heavy atom. The van der Waals surface area contributed by atoms with Gasteiger partial charge in [0.05, 0.1) is 6.26 Å². The van der Waals surface area contributed by atoms with Crippen molar-refractivity contribution >= 4 is 21.6 Å². The molecule has 0 unspecified atom stereocenters. The average Bonchev–Trinajstić information content (AvgIpc) is 2.54. The van der Waals surface area contributed by atoms with Gasteiger partial charge >= 0.3 is 0 Å². The molecule has 27 heavy (non-hydrogen) atoms. The van der Waals surface area contributed by atoms with Crippen LogP contribution in [0.3, 0.4) is 0 Å². The molecule has 0 fully saturated rings. The molecule has 0 spiro atoms. The van der Waals surface area contributed by atoms with Crippen LogP contribution in [0.4, 0.5) is 10.1 Å². The highest BCUT2D eigenvalue weighted by atomic mass is 32.2. The summed E-state index contributed by atoms with van der Waals surface area (Å²) < 4.78 is 38.2. The largest absolute Gasteiger partial charge is 0.326 e. The number of sulfonamides is 1. The molecular formula is C20H25FN2O3S. The lowest BCUT2D eigenvalue weighted by molar-refractivity contribution is -0.116. The zero-order valence-corrected chi connectivity index (χ0v) is 16.6. The summed E-state index contributed by atoms with van der Waals surface area (Å²) in [6, 6.07) is 11.7. The van der Waals surface area contributed by atoms with E-state index in [1.807, 2.05) is 32.0 Å². The number of hydrogen-bond acceptors (Lipinski definition) is 3. The summed E-state index contributed by atoms with van der Waals surface area (Å²) >= 11 is 0. The fraction of sp³-hybridized carbons (Fsp3) is 0.350. The number of hydrogen-bond donors (Lipinski definition) is 1. The quantitative estimate of drug-likeness (QED) is 0.750. The number of halogens is 1. The molecule has 2 rings (SSSR count). The van der Waals surface area contributed by atoms with Gasteiger partial charge in [-0.25, -0.2) is 17.1 Å². The predicted octanol–water partition coefficient (Wildman–Crippen LogP) is 3.28. The van der Waals surface area contributed by atoms with Crippen LogP contribution in [0, 0.1) is 19.7 Å². The first-order chi connectivity index (χ1) is 12.6. The summed E-state index contributed by atoms with van der Waals surface area (Å²) in [5.41, 5.74) is 3.63. The van der Waals surface area contributed by atoms with Gasteiger partial charge in [-0.15, -0.1) is 0 Å². The Morgan fingerprint density at radius 2 is 1.63 bits per heavy atom. The van der Waals surface area contributed by atoms with Crippen molar-refractivity contribution in [2.24, 2.45) is 0 Å². The summed E-state index contributed by atoms with van der Waals surface area (Å²) in [5, 5.41) is 2.81. The smallest absolute Gasteiger partial charge is 0.225 e. The average molecular weight is 392 g/mol. The molecule has 0 bridgehead atoms. The molecule has 0 saturated heterocycles. The molecule has 0 aliphatic carbocycles. The normalized spacial score (nSPS) is 11.6. The van der Waals surface area contributed by atoms with Gasteiger partial charge in [-0.2, -0.15) is 0 Å². The van der Waals surface area contributed by atoms with E-state index in [4.69, 9.17) is 0 Å². The molecule has 5 nitrogen and oxygen atoms in total. The third kappa shape index (κ3) is 7.11. The Balaban J connectivity index is 1.93. The Bertz CT molecular complexity index is 876. The SMILES string of the molecule is Cc1cc(C)cc(NC(=O)CCN(CCc2ccc(F)cc2)S(C)(=O)=O)c1. The fourth-order valence-electron chi connectivity index (χ4n) is 2.84. The number of carbonyl (C=O) groups excluding carboxylic acids is 1. The van der Waals surface area contributed by atoms with E-state index in [-0.39, 0.29) is 31.2 Å². The van der Waals surface area contributed by atoms with Crippen LogP contribution in [0.15, 0.2) is 42.5 Å². The molecule has 7 heteroatoms. The maximum atomic E-state index is 13.0. The second-order valence-electron chi connectivity index (χ2n) is 6.71. The zero-order valence-electron chi connectivity index (χ0n) is 15.8. The van der Waals surface area contributed by atoms with E-state index in [2.05, 4.69) is 5.32 Å². The number of nitrogens with zero attached hydrogens (tertiary/aromatic N) is 1. The van der Waals surface area contributed by atoms with Crippen molar-refractivity contribution < 1.29 is 17.6 Å². The van der Waals surface area contributed by atoms with Gasteiger partial charge in [0.25, 0.3) is 0 Å². The van der Waals surface area contributed by atoms with Crippen molar-refractivity contribution in [3.8, 4) is 0 Å². The first-order valence-electron chi connectivity index (χ1n) is 8.71. The molecule has 0 radical (unpaired) electrons. The fourth-order valence-corrected chi connectivity index (χ4v) is 3.69. The molecular weight excluding hydrogens is 367 g/mol. The van der Waals surface area contributed by atoms with Crippen molar-refractivity contribution in [2.45, 2.75) is 26.7 Å². The molecule has 2 aromatic carbocycles. The molecule has 2 aromatic rings. The van der Waals surface area contributed by atoms with Crippen LogP contribution in [-0.2, 0) is 21.2 Å². The topological polar surface area (TPSA) is 66.5 Å². The number of benzene rings is 2. The summed E-state index contributed by atoms with van der Waals surface area (Å²) in [4.78, 5) is 12.2. The van der Waals surface area contributed by atoms with Gasteiger partial charge in [-0.3, -0.25) is 4.79 Å². The maximum Gasteiger partial charge on any atom is 0.225 e. The number of amides is 1. The summed E-state index contributed by atoms with van der Waals surface area (Å²) in [6.07, 6.45) is 1.63. The van der Waals surface area contributed by atoms with E-state index < -0.39 is 10.0 Å². The van der Waals surface area contributed by atoms with Crippen molar-refractivity contribution in [3.05, 3.63) is 65.0 Å². The first-order valence-corrected chi connectivity index (χ1v) is 10.6. The lowest BCUT2D eigenvalue weighted by atomic mass is 10.1. The van der Waals surface area contributed by atoms with Crippen molar-refractivity contribution in [1.29, 1.82) is 0 Å². The highest BCUT2D eigenvalue weighted by Gasteiger charge is 2.18. The molecule has 0 aliphatic heterocycles. The highest BCUT2D eigenvalue weighted by molar-refractivity contribution is 7.88. The third-order valence-corrected chi connectivity index (χ3v) is 5.43. The Labute approximate surface area is 160 Å². The van der Waals surface area contributed by atoms with Crippen molar-refractivity contribution in [2.75, 3.05) is 24.7 Å². The molecule has 146 valence electrons. The highest BCUT2D eigenvalue weighted by Crippen LogP contribution is 2.14. The maximum absolute atomic E-state index is 13.0. The molecule has 0 aliphatic rings. The number of nitrogens with one attached hydrogen (secondary N) is 1. The molecule has 0 heterocycles. The van der Waals surface area contributed by atoms with E-state index in [0.29, 0.717) is 12.1 Å². The van der Waals surface area contributed by atoms with E-state index in [1.54, 1.807) is 12.1 Å². The number of rotatable bonds is 8. The third-order valence-electron chi connectivity index (χ3n) is 4.13. The molecule has 0 aromatic heterocycles. The van der Waals surface area contributed by atoms with Crippen LogP contribution >= 0.6 is 0 Å². The van der Waals surface area contributed by atoms with E-state index in [0.717, 1.165) is 22.9 Å². The lowest BCUT2D eigenvalue weighted by Crippen LogP contribution is -2.34. The second kappa shape index (κ2) is 9.10. The van der Waals surface area contributed by atoms with Gasteiger partial charge in [0.15, 0.2) is 0 Å². The molecule has 0 saturated carbocycles. The van der Waals surface area contributed by atoms with Gasteiger partial charge in [0.2, 0.25) is 15.9 Å². The number of anilines is 1. The predicted molar refractivity (Wildman–Crippen MR) is 106 cm³/mol. The van der Waals surface area contributed by atoms with Crippen LogP contribution in [0.1, 0.15) is 23.1 Å². The van der Waals surface area contributed by atoms with Gasteiger partial charge in [0.1, 0.15) is 5.82 Å². The van der Waals surface area contributed by atoms with Crippen molar-refractivity contribution in [1.82, 2.24) is 4.31 Å². The molecule has 0 atom stereocenters. The zero-order chi connectivity index (χ0) is 20.0. The minimum absolute atomic E-state index is 0.0590. The van der Waals surface area contributed by atoms with Crippen LogP contribution in [0.2, 0.25) is 0 Å².